The van der Waals surface area contributed by atoms with E-state index in [4.69, 9.17) is 16.3 Å². The van der Waals surface area contributed by atoms with Gasteiger partial charge in [0.05, 0.1) is 7.11 Å². The lowest BCUT2D eigenvalue weighted by molar-refractivity contribution is -0.131. The minimum atomic E-state index is -0.0843. The van der Waals surface area contributed by atoms with Crippen molar-refractivity contribution in [2.45, 2.75) is 19.3 Å². The first-order valence-corrected chi connectivity index (χ1v) is 12.2. The fourth-order valence-electron chi connectivity index (χ4n) is 3.83. The van der Waals surface area contributed by atoms with Crippen LogP contribution in [0.15, 0.2) is 53.9 Å². The van der Waals surface area contributed by atoms with Crippen LogP contribution in [0.25, 0.3) is 10.6 Å². The molecule has 1 fully saturated rings. The number of nitrogens with zero attached hydrogens (tertiary/aromatic N) is 3. The zero-order chi connectivity index (χ0) is 23.2. The Labute approximate surface area is 202 Å². The quantitative estimate of drug-likeness (QED) is 0.506. The summed E-state index contributed by atoms with van der Waals surface area (Å²) in [6.45, 7) is 2.34. The van der Waals surface area contributed by atoms with Crippen LogP contribution in [-0.4, -0.2) is 59.9 Å². The fourth-order valence-corrected chi connectivity index (χ4v) is 4.76. The number of rotatable bonds is 6. The molecule has 4 rings (SSSR count). The fraction of sp³-hybridized carbons (Fsp3) is 0.320. The van der Waals surface area contributed by atoms with Gasteiger partial charge in [0.2, 0.25) is 5.91 Å². The molecule has 6 nitrogen and oxygen atoms in total. The topological polar surface area (TPSA) is 62.7 Å². The lowest BCUT2D eigenvalue weighted by Gasteiger charge is -2.22. The highest BCUT2D eigenvalue weighted by Gasteiger charge is 2.24. The van der Waals surface area contributed by atoms with Crippen LogP contribution in [-0.2, 0) is 11.2 Å². The van der Waals surface area contributed by atoms with Crippen LogP contribution in [0.4, 0.5) is 0 Å². The average Bonchev–Trinajstić information content (AvgIpc) is 3.20. The summed E-state index contributed by atoms with van der Waals surface area (Å²) in [5.41, 5.74) is 2.49. The maximum Gasteiger partial charge on any atom is 0.273 e. The Kier molecular flexibility index (Phi) is 7.62. The van der Waals surface area contributed by atoms with E-state index in [9.17, 15) is 9.59 Å². The Bertz CT molecular complexity index is 1100. The summed E-state index contributed by atoms with van der Waals surface area (Å²) in [4.78, 5) is 34.0. The van der Waals surface area contributed by atoms with E-state index in [-0.39, 0.29) is 11.8 Å². The summed E-state index contributed by atoms with van der Waals surface area (Å²) in [5.74, 6) is 0.848. The number of hydrogen-bond donors (Lipinski definition) is 0. The van der Waals surface area contributed by atoms with Crippen molar-refractivity contribution in [2.75, 3.05) is 33.3 Å². The summed E-state index contributed by atoms with van der Waals surface area (Å²) in [7, 11) is 1.64. The normalized spacial score (nSPS) is 14.1. The van der Waals surface area contributed by atoms with Gasteiger partial charge in [-0.1, -0.05) is 35.9 Å². The number of carbonyl (C=O) groups is 2. The standard InChI is InChI=1S/C25H26ClN3O3S/c1-32-21-10-3-18(4-11-21)5-12-23(30)28-13-2-14-29(16-15-28)25(31)22-17-33-24(27-22)19-6-8-20(26)9-7-19/h3-4,6-11,17H,2,5,12-16H2,1H3. The number of carbonyl (C=O) groups excluding carboxylic acids is 2. The molecule has 0 unspecified atom stereocenters. The monoisotopic (exact) mass is 483 g/mol. The van der Waals surface area contributed by atoms with E-state index in [1.54, 1.807) is 17.4 Å². The van der Waals surface area contributed by atoms with Gasteiger partial charge in [0.15, 0.2) is 0 Å². The second-order valence-corrected chi connectivity index (χ2v) is 9.21. The van der Waals surface area contributed by atoms with E-state index in [0.717, 1.165) is 28.3 Å². The van der Waals surface area contributed by atoms with Gasteiger partial charge in [-0.3, -0.25) is 9.59 Å². The van der Waals surface area contributed by atoms with Crippen molar-refractivity contribution in [3.63, 3.8) is 0 Å². The van der Waals surface area contributed by atoms with Gasteiger partial charge in [-0.2, -0.15) is 0 Å². The molecule has 2 heterocycles. The number of thiazole rings is 1. The van der Waals surface area contributed by atoms with Crippen LogP contribution < -0.4 is 4.74 Å². The molecule has 3 aromatic rings. The number of methoxy groups -OCH3 is 1. The molecular formula is C25H26ClN3O3S. The molecule has 1 aliphatic rings. The zero-order valence-electron chi connectivity index (χ0n) is 18.5. The SMILES string of the molecule is COc1ccc(CCC(=O)N2CCCN(C(=O)c3csc(-c4ccc(Cl)cc4)n3)CC2)cc1. The third kappa shape index (κ3) is 5.92. The highest BCUT2D eigenvalue weighted by atomic mass is 35.5. The first-order valence-electron chi connectivity index (χ1n) is 10.9. The largest absolute Gasteiger partial charge is 0.497 e. The van der Waals surface area contributed by atoms with Gasteiger partial charge in [-0.15, -0.1) is 11.3 Å². The molecule has 1 aromatic heterocycles. The van der Waals surface area contributed by atoms with E-state index >= 15 is 0 Å². The number of aromatic nitrogens is 1. The summed E-state index contributed by atoms with van der Waals surface area (Å²) < 4.78 is 5.18. The van der Waals surface area contributed by atoms with Crippen molar-refractivity contribution in [3.05, 3.63) is 70.2 Å². The van der Waals surface area contributed by atoms with Crippen LogP contribution in [0, 0.1) is 0 Å². The molecule has 0 bridgehead atoms. The highest BCUT2D eigenvalue weighted by Crippen LogP contribution is 2.26. The molecule has 0 N–H and O–H groups in total. The van der Waals surface area contributed by atoms with Crippen molar-refractivity contribution in [1.29, 1.82) is 0 Å². The molecule has 0 radical (unpaired) electrons. The molecule has 33 heavy (non-hydrogen) atoms. The van der Waals surface area contributed by atoms with E-state index in [0.29, 0.717) is 49.7 Å². The van der Waals surface area contributed by atoms with Crippen molar-refractivity contribution in [1.82, 2.24) is 14.8 Å². The van der Waals surface area contributed by atoms with E-state index in [1.807, 2.05) is 53.4 Å². The van der Waals surface area contributed by atoms with Crippen molar-refractivity contribution < 1.29 is 14.3 Å². The van der Waals surface area contributed by atoms with Crippen LogP contribution in [0.1, 0.15) is 28.9 Å². The third-order valence-electron chi connectivity index (χ3n) is 5.74. The summed E-state index contributed by atoms with van der Waals surface area (Å²) in [6, 6.07) is 15.2. The van der Waals surface area contributed by atoms with Crippen molar-refractivity contribution >= 4 is 34.8 Å². The van der Waals surface area contributed by atoms with Gasteiger partial charge in [-0.05, 0) is 42.7 Å². The smallest absolute Gasteiger partial charge is 0.273 e. The Hall–Kier alpha value is -2.90. The second kappa shape index (κ2) is 10.8. The van der Waals surface area contributed by atoms with Gasteiger partial charge in [0, 0.05) is 48.6 Å². The van der Waals surface area contributed by atoms with Crippen LogP contribution in [0.3, 0.4) is 0 Å². The molecule has 0 atom stereocenters. The van der Waals surface area contributed by atoms with Gasteiger partial charge >= 0.3 is 0 Å². The molecule has 0 saturated carbocycles. The molecule has 8 heteroatoms. The van der Waals surface area contributed by atoms with Gasteiger partial charge < -0.3 is 14.5 Å². The summed E-state index contributed by atoms with van der Waals surface area (Å²) in [6.07, 6.45) is 1.90. The summed E-state index contributed by atoms with van der Waals surface area (Å²) >= 11 is 7.40. The van der Waals surface area contributed by atoms with Gasteiger partial charge in [0.25, 0.3) is 5.91 Å². The van der Waals surface area contributed by atoms with Gasteiger partial charge in [-0.25, -0.2) is 4.98 Å². The zero-order valence-corrected chi connectivity index (χ0v) is 20.1. The maximum atomic E-state index is 13.0. The molecule has 172 valence electrons. The Balaban J connectivity index is 1.31. The van der Waals surface area contributed by atoms with E-state index < -0.39 is 0 Å². The predicted molar refractivity (Wildman–Crippen MR) is 131 cm³/mol. The lowest BCUT2D eigenvalue weighted by atomic mass is 10.1. The Morgan fingerprint density at radius 3 is 2.42 bits per heavy atom. The van der Waals surface area contributed by atoms with Crippen LogP contribution in [0.2, 0.25) is 5.02 Å². The summed E-state index contributed by atoms with van der Waals surface area (Å²) in [5, 5.41) is 3.26. The molecule has 0 spiro atoms. The number of amides is 2. The first kappa shape index (κ1) is 23.3. The number of benzene rings is 2. The number of halogens is 1. The second-order valence-electron chi connectivity index (χ2n) is 7.92. The minimum absolute atomic E-state index is 0.0843. The number of aryl methyl sites for hydroxylation is 1. The van der Waals surface area contributed by atoms with Crippen molar-refractivity contribution in [2.24, 2.45) is 0 Å². The van der Waals surface area contributed by atoms with Crippen molar-refractivity contribution in [3.8, 4) is 16.3 Å². The van der Waals surface area contributed by atoms with Crippen LogP contribution >= 0.6 is 22.9 Å². The van der Waals surface area contributed by atoms with Gasteiger partial charge in [0.1, 0.15) is 16.5 Å². The van der Waals surface area contributed by atoms with E-state index in [1.165, 1.54) is 11.3 Å². The van der Waals surface area contributed by atoms with E-state index in [2.05, 4.69) is 4.98 Å². The average molecular weight is 484 g/mol. The predicted octanol–water partition coefficient (Wildman–Crippen LogP) is 4.78. The third-order valence-corrected chi connectivity index (χ3v) is 6.88. The Morgan fingerprint density at radius 2 is 1.70 bits per heavy atom. The highest BCUT2D eigenvalue weighted by molar-refractivity contribution is 7.13. The minimum Gasteiger partial charge on any atom is -0.497 e. The lowest BCUT2D eigenvalue weighted by Crippen LogP contribution is -2.37. The maximum absolute atomic E-state index is 13.0. The first-order chi connectivity index (χ1) is 16.0. The molecule has 1 aliphatic heterocycles. The molecule has 2 amide bonds. The molecule has 1 saturated heterocycles. The molecule has 2 aromatic carbocycles. The number of ether oxygens (including phenoxy) is 1. The molecular weight excluding hydrogens is 458 g/mol. The molecule has 0 aliphatic carbocycles. The number of hydrogen-bond acceptors (Lipinski definition) is 5. The van der Waals surface area contributed by atoms with Crippen LogP contribution in [0.5, 0.6) is 5.75 Å². The Morgan fingerprint density at radius 1 is 1.00 bits per heavy atom.